The molecule has 1 fully saturated rings. The standard InChI is InChI=1S/C15H24N2O2/c18-15(14-5-2-1-3-6-14)13-16-7-4-8-17-9-11-19-12-10-17/h1-3,5-6,15-16,18H,4,7-13H2/t15-/m1/s1. The Kier molecular flexibility index (Phi) is 6.30. The molecule has 106 valence electrons. The van der Waals surface area contributed by atoms with Gasteiger partial charge in [0, 0.05) is 19.6 Å². The predicted molar refractivity (Wildman–Crippen MR) is 76.1 cm³/mol. The second kappa shape index (κ2) is 8.27. The minimum atomic E-state index is -0.412. The number of nitrogens with zero attached hydrogens (tertiary/aromatic N) is 1. The highest BCUT2D eigenvalue weighted by atomic mass is 16.5. The predicted octanol–water partition coefficient (Wildman–Crippen LogP) is 1.03. The maximum atomic E-state index is 9.98. The van der Waals surface area contributed by atoms with E-state index in [9.17, 15) is 5.11 Å². The van der Waals surface area contributed by atoms with Gasteiger partial charge < -0.3 is 15.2 Å². The first-order chi connectivity index (χ1) is 9.36. The molecular weight excluding hydrogens is 240 g/mol. The third-order valence-corrected chi connectivity index (χ3v) is 3.45. The zero-order valence-electron chi connectivity index (χ0n) is 11.4. The van der Waals surface area contributed by atoms with Crippen molar-refractivity contribution in [3.05, 3.63) is 35.9 Å². The Morgan fingerprint density at radius 3 is 2.68 bits per heavy atom. The molecule has 1 aliphatic rings. The van der Waals surface area contributed by atoms with Crippen molar-refractivity contribution < 1.29 is 9.84 Å². The number of ether oxygens (including phenoxy) is 1. The molecule has 1 atom stereocenters. The van der Waals surface area contributed by atoms with Crippen molar-refractivity contribution in [2.75, 3.05) is 45.9 Å². The van der Waals surface area contributed by atoms with E-state index >= 15 is 0 Å². The number of hydrogen-bond donors (Lipinski definition) is 2. The molecule has 19 heavy (non-hydrogen) atoms. The molecule has 2 N–H and O–H groups in total. The van der Waals surface area contributed by atoms with E-state index in [1.54, 1.807) is 0 Å². The minimum Gasteiger partial charge on any atom is -0.387 e. The van der Waals surface area contributed by atoms with Crippen LogP contribution >= 0.6 is 0 Å². The first-order valence-electron chi connectivity index (χ1n) is 7.10. The van der Waals surface area contributed by atoms with E-state index in [2.05, 4.69) is 10.2 Å². The van der Waals surface area contributed by atoms with E-state index in [1.807, 2.05) is 30.3 Å². The monoisotopic (exact) mass is 264 g/mol. The number of aliphatic hydroxyl groups is 1. The van der Waals surface area contributed by atoms with Crippen LogP contribution in [0.4, 0.5) is 0 Å². The zero-order valence-corrected chi connectivity index (χ0v) is 11.4. The summed E-state index contributed by atoms with van der Waals surface area (Å²) in [4.78, 5) is 2.43. The van der Waals surface area contributed by atoms with Crippen molar-refractivity contribution in [2.24, 2.45) is 0 Å². The molecule has 0 spiro atoms. The Morgan fingerprint density at radius 2 is 1.95 bits per heavy atom. The third-order valence-electron chi connectivity index (χ3n) is 3.45. The van der Waals surface area contributed by atoms with E-state index in [-0.39, 0.29) is 0 Å². The van der Waals surface area contributed by atoms with Gasteiger partial charge in [0.2, 0.25) is 0 Å². The molecule has 0 unspecified atom stereocenters. The molecule has 1 aliphatic heterocycles. The minimum absolute atomic E-state index is 0.412. The van der Waals surface area contributed by atoms with Gasteiger partial charge in [-0.2, -0.15) is 0 Å². The van der Waals surface area contributed by atoms with Crippen molar-refractivity contribution in [1.29, 1.82) is 0 Å². The summed E-state index contributed by atoms with van der Waals surface area (Å²) in [6, 6.07) is 9.79. The average Bonchev–Trinajstić information content (AvgIpc) is 2.49. The molecule has 0 bridgehead atoms. The largest absolute Gasteiger partial charge is 0.387 e. The van der Waals surface area contributed by atoms with Gasteiger partial charge in [-0.15, -0.1) is 0 Å². The van der Waals surface area contributed by atoms with E-state index in [0.29, 0.717) is 6.54 Å². The van der Waals surface area contributed by atoms with Crippen LogP contribution in [0, 0.1) is 0 Å². The Balaban J connectivity index is 1.54. The van der Waals surface area contributed by atoms with Crippen molar-refractivity contribution >= 4 is 0 Å². The lowest BCUT2D eigenvalue weighted by Gasteiger charge is -2.26. The number of nitrogens with one attached hydrogen (secondary N) is 1. The maximum absolute atomic E-state index is 9.98. The Bertz CT molecular complexity index is 339. The van der Waals surface area contributed by atoms with Crippen molar-refractivity contribution in [2.45, 2.75) is 12.5 Å². The van der Waals surface area contributed by atoms with Gasteiger partial charge in [0.25, 0.3) is 0 Å². The molecule has 1 heterocycles. The van der Waals surface area contributed by atoms with Crippen LogP contribution in [0.25, 0.3) is 0 Å². The highest BCUT2D eigenvalue weighted by Gasteiger charge is 2.09. The highest BCUT2D eigenvalue weighted by molar-refractivity contribution is 5.17. The molecule has 2 rings (SSSR count). The van der Waals surface area contributed by atoms with Gasteiger partial charge in [-0.25, -0.2) is 0 Å². The van der Waals surface area contributed by atoms with Crippen molar-refractivity contribution in [1.82, 2.24) is 10.2 Å². The first kappa shape index (κ1) is 14.5. The molecule has 0 saturated carbocycles. The zero-order chi connectivity index (χ0) is 13.3. The smallest absolute Gasteiger partial charge is 0.0914 e. The van der Waals surface area contributed by atoms with Crippen LogP contribution in [0.1, 0.15) is 18.1 Å². The summed E-state index contributed by atoms with van der Waals surface area (Å²) < 4.78 is 5.32. The quantitative estimate of drug-likeness (QED) is 0.722. The molecule has 1 aromatic rings. The Morgan fingerprint density at radius 1 is 1.21 bits per heavy atom. The van der Waals surface area contributed by atoms with Gasteiger partial charge >= 0.3 is 0 Å². The van der Waals surface area contributed by atoms with Crippen LogP contribution in [0.2, 0.25) is 0 Å². The van der Waals surface area contributed by atoms with Crippen molar-refractivity contribution in [3.63, 3.8) is 0 Å². The molecule has 1 aromatic carbocycles. The lowest BCUT2D eigenvalue weighted by Crippen LogP contribution is -2.37. The molecular formula is C15H24N2O2. The second-order valence-corrected chi connectivity index (χ2v) is 4.94. The topological polar surface area (TPSA) is 44.7 Å². The van der Waals surface area contributed by atoms with Crippen molar-refractivity contribution in [3.8, 4) is 0 Å². The SMILES string of the molecule is O[C@H](CNCCCN1CCOCC1)c1ccccc1. The van der Waals surface area contributed by atoms with E-state index in [4.69, 9.17) is 4.74 Å². The average molecular weight is 264 g/mol. The maximum Gasteiger partial charge on any atom is 0.0914 e. The van der Waals surface area contributed by atoms with Gasteiger partial charge in [-0.3, -0.25) is 4.90 Å². The number of morpholine rings is 1. The van der Waals surface area contributed by atoms with Crippen LogP contribution in [-0.4, -0.2) is 55.9 Å². The molecule has 0 radical (unpaired) electrons. The fraction of sp³-hybridized carbons (Fsp3) is 0.600. The third kappa shape index (κ3) is 5.28. The Hall–Kier alpha value is -0.940. The van der Waals surface area contributed by atoms with Gasteiger partial charge in [-0.05, 0) is 25.1 Å². The number of hydrogen-bond acceptors (Lipinski definition) is 4. The number of rotatable bonds is 7. The molecule has 4 heteroatoms. The van der Waals surface area contributed by atoms with E-state index < -0.39 is 6.10 Å². The van der Waals surface area contributed by atoms with Gasteiger partial charge in [-0.1, -0.05) is 30.3 Å². The summed E-state index contributed by atoms with van der Waals surface area (Å²) >= 11 is 0. The summed E-state index contributed by atoms with van der Waals surface area (Å²) in [6.07, 6.45) is 0.700. The van der Waals surface area contributed by atoms with Gasteiger partial charge in [0.1, 0.15) is 0 Å². The molecule has 4 nitrogen and oxygen atoms in total. The lowest BCUT2D eigenvalue weighted by atomic mass is 10.1. The molecule has 0 amide bonds. The normalized spacial score (nSPS) is 18.4. The molecule has 0 aromatic heterocycles. The summed E-state index contributed by atoms with van der Waals surface area (Å²) in [7, 11) is 0. The summed E-state index contributed by atoms with van der Waals surface area (Å²) in [5, 5.41) is 13.3. The number of aliphatic hydroxyl groups excluding tert-OH is 1. The van der Waals surface area contributed by atoms with E-state index in [0.717, 1.165) is 51.4 Å². The van der Waals surface area contributed by atoms with Gasteiger partial charge in [0.15, 0.2) is 0 Å². The summed E-state index contributed by atoms with van der Waals surface area (Å²) in [6.45, 7) is 6.49. The molecule has 0 aliphatic carbocycles. The summed E-state index contributed by atoms with van der Waals surface area (Å²) in [5.41, 5.74) is 0.975. The van der Waals surface area contributed by atoms with Crippen LogP contribution in [0.15, 0.2) is 30.3 Å². The van der Waals surface area contributed by atoms with Crippen LogP contribution < -0.4 is 5.32 Å². The fourth-order valence-electron chi connectivity index (χ4n) is 2.28. The summed E-state index contributed by atoms with van der Waals surface area (Å²) in [5.74, 6) is 0. The fourth-order valence-corrected chi connectivity index (χ4v) is 2.28. The van der Waals surface area contributed by atoms with Crippen LogP contribution in [0.5, 0.6) is 0 Å². The number of benzene rings is 1. The van der Waals surface area contributed by atoms with E-state index in [1.165, 1.54) is 0 Å². The second-order valence-electron chi connectivity index (χ2n) is 4.94. The Labute approximate surface area is 115 Å². The lowest BCUT2D eigenvalue weighted by molar-refractivity contribution is 0.0373. The molecule has 1 saturated heterocycles. The van der Waals surface area contributed by atoms with Crippen LogP contribution in [0.3, 0.4) is 0 Å². The highest BCUT2D eigenvalue weighted by Crippen LogP contribution is 2.10. The first-order valence-corrected chi connectivity index (χ1v) is 7.10. The van der Waals surface area contributed by atoms with Crippen LogP contribution in [-0.2, 0) is 4.74 Å². The van der Waals surface area contributed by atoms with Gasteiger partial charge in [0.05, 0.1) is 19.3 Å².